The first kappa shape index (κ1) is 15.3. The molecule has 2 heterocycles. The van der Waals surface area contributed by atoms with Crippen molar-refractivity contribution >= 4 is 5.82 Å². The lowest BCUT2D eigenvalue weighted by Crippen LogP contribution is -2.46. The molecule has 1 aromatic rings. The molecule has 20 heavy (non-hydrogen) atoms. The maximum absolute atomic E-state index is 5.81. The normalized spacial score (nSPS) is 23.1. The molecule has 1 aliphatic heterocycles. The van der Waals surface area contributed by atoms with Crippen LogP contribution in [0.3, 0.4) is 0 Å². The van der Waals surface area contributed by atoms with Crippen LogP contribution in [-0.4, -0.2) is 37.3 Å². The first-order valence-corrected chi connectivity index (χ1v) is 7.67. The number of aromatic nitrogens is 1. The van der Waals surface area contributed by atoms with E-state index < -0.39 is 0 Å². The van der Waals surface area contributed by atoms with E-state index in [1.807, 2.05) is 7.05 Å². The highest BCUT2D eigenvalue weighted by atomic mass is 16.5. The minimum atomic E-state index is 0.267. The zero-order valence-electron chi connectivity index (χ0n) is 13.1. The zero-order chi connectivity index (χ0) is 14.5. The Morgan fingerprint density at radius 3 is 2.60 bits per heavy atom. The summed E-state index contributed by atoms with van der Waals surface area (Å²) < 4.78 is 5.81. The number of hydrogen-bond acceptors (Lipinski definition) is 4. The van der Waals surface area contributed by atoms with Gasteiger partial charge in [0.25, 0.3) is 0 Å². The Kier molecular flexibility index (Phi) is 5.38. The van der Waals surface area contributed by atoms with Crippen LogP contribution >= 0.6 is 0 Å². The minimum absolute atomic E-state index is 0.267. The number of ether oxygens (including phenoxy) is 1. The van der Waals surface area contributed by atoms with E-state index in [9.17, 15) is 0 Å². The van der Waals surface area contributed by atoms with Crippen LogP contribution in [-0.2, 0) is 17.7 Å². The average molecular weight is 277 g/mol. The van der Waals surface area contributed by atoms with Crippen molar-refractivity contribution in [3.8, 4) is 0 Å². The Morgan fingerprint density at radius 2 is 2.00 bits per heavy atom. The Labute approximate surface area is 122 Å². The number of aryl methyl sites for hydroxylation is 1. The fourth-order valence-electron chi connectivity index (χ4n) is 2.85. The van der Waals surface area contributed by atoms with E-state index in [4.69, 9.17) is 9.72 Å². The van der Waals surface area contributed by atoms with E-state index in [0.29, 0.717) is 0 Å². The first-order chi connectivity index (χ1) is 9.62. The lowest BCUT2D eigenvalue weighted by atomic mass is 10.1. The fourth-order valence-corrected chi connectivity index (χ4v) is 2.85. The molecule has 2 rings (SSSR count). The van der Waals surface area contributed by atoms with Crippen molar-refractivity contribution in [2.75, 3.05) is 25.0 Å². The second-order valence-corrected chi connectivity index (χ2v) is 5.77. The van der Waals surface area contributed by atoms with Crippen LogP contribution in [0, 0.1) is 0 Å². The predicted molar refractivity (Wildman–Crippen MR) is 83.2 cm³/mol. The van der Waals surface area contributed by atoms with Crippen LogP contribution in [0.4, 0.5) is 5.82 Å². The van der Waals surface area contributed by atoms with Gasteiger partial charge in [-0.25, -0.2) is 4.98 Å². The molecule has 2 unspecified atom stereocenters. The molecule has 0 bridgehead atoms. The lowest BCUT2D eigenvalue weighted by molar-refractivity contribution is -0.00547. The number of nitrogens with zero attached hydrogens (tertiary/aromatic N) is 2. The van der Waals surface area contributed by atoms with Crippen LogP contribution in [0.15, 0.2) is 12.1 Å². The van der Waals surface area contributed by atoms with Gasteiger partial charge in [0, 0.05) is 25.3 Å². The van der Waals surface area contributed by atoms with E-state index in [1.54, 1.807) is 0 Å². The predicted octanol–water partition coefficient (Wildman–Crippen LogP) is 2.37. The quantitative estimate of drug-likeness (QED) is 0.896. The van der Waals surface area contributed by atoms with Crippen molar-refractivity contribution in [1.82, 2.24) is 10.3 Å². The van der Waals surface area contributed by atoms with Crippen LogP contribution in [0.2, 0.25) is 0 Å². The summed E-state index contributed by atoms with van der Waals surface area (Å²) in [5.41, 5.74) is 2.51. The van der Waals surface area contributed by atoms with E-state index in [0.717, 1.165) is 38.3 Å². The maximum atomic E-state index is 5.81. The molecule has 0 aliphatic carbocycles. The largest absolute Gasteiger partial charge is 0.372 e. The molecular formula is C16H27N3O. The molecule has 0 aromatic carbocycles. The smallest absolute Gasteiger partial charge is 0.129 e. The van der Waals surface area contributed by atoms with Crippen LogP contribution < -0.4 is 10.2 Å². The van der Waals surface area contributed by atoms with Gasteiger partial charge < -0.3 is 15.0 Å². The highest BCUT2D eigenvalue weighted by Gasteiger charge is 2.23. The third-order valence-corrected chi connectivity index (χ3v) is 3.56. The molecule has 1 aliphatic rings. The van der Waals surface area contributed by atoms with Crippen LogP contribution in [0.1, 0.15) is 38.4 Å². The van der Waals surface area contributed by atoms with E-state index >= 15 is 0 Å². The molecule has 0 amide bonds. The second-order valence-electron chi connectivity index (χ2n) is 5.77. The first-order valence-electron chi connectivity index (χ1n) is 7.67. The third kappa shape index (κ3) is 3.93. The summed E-state index contributed by atoms with van der Waals surface area (Å²) in [6, 6.07) is 4.43. The average Bonchev–Trinajstić information content (AvgIpc) is 2.38. The summed E-state index contributed by atoms with van der Waals surface area (Å²) in [5.74, 6) is 1.10. The lowest BCUT2D eigenvalue weighted by Gasteiger charge is -2.36. The van der Waals surface area contributed by atoms with Crippen molar-refractivity contribution in [3.05, 3.63) is 23.4 Å². The fraction of sp³-hybridized carbons (Fsp3) is 0.688. The Bertz CT molecular complexity index is 401. The molecule has 0 radical (unpaired) electrons. The van der Waals surface area contributed by atoms with Crippen molar-refractivity contribution in [2.24, 2.45) is 0 Å². The van der Waals surface area contributed by atoms with Gasteiger partial charge in [-0.3, -0.25) is 0 Å². The van der Waals surface area contributed by atoms with Crippen molar-refractivity contribution in [2.45, 2.75) is 52.4 Å². The number of hydrogen-bond donors (Lipinski definition) is 1. The number of rotatable bonds is 5. The molecule has 1 saturated heterocycles. The standard InChI is InChI=1S/C16H27N3O/c1-5-6-15-7-14(9-17-4)8-16(18-15)19-10-12(2)20-13(3)11-19/h7-8,12-13,17H,5-6,9-11H2,1-4H3. The van der Waals surface area contributed by atoms with Gasteiger partial charge in [0.1, 0.15) is 5.82 Å². The van der Waals surface area contributed by atoms with Gasteiger partial charge in [-0.1, -0.05) is 13.3 Å². The molecular weight excluding hydrogens is 250 g/mol. The number of morpholine rings is 1. The third-order valence-electron chi connectivity index (χ3n) is 3.56. The Hall–Kier alpha value is -1.13. The summed E-state index contributed by atoms with van der Waals surface area (Å²) >= 11 is 0. The monoisotopic (exact) mass is 277 g/mol. The van der Waals surface area contributed by atoms with Gasteiger partial charge in [-0.15, -0.1) is 0 Å². The highest BCUT2D eigenvalue weighted by molar-refractivity contribution is 5.43. The van der Waals surface area contributed by atoms with Gasteiger partial charge in [-0.05, 0) is 45.0 Å². The molecule has 1 aromatic heterocycles. The molecule has 4 nitrogen and oxygen atoms in total. The summed E-state index contributed by atoms with van der Waals surface area (Å²) in [5, 5.41) is 3.23. The topological polar surface area (TPSA) is 37.4 Å². The van der Waals surface area contributed by atoms with E-state index in [1.165, 1.54) is 11.3 Å². The van der Waals surface area contributed by atoms with E-state index in [2.05, 4.69) is 43.1 Å². The number of anilines is 1. The van der Waals surface area contributed by atoms with Crippen LogP contribution in [0.25, 0.3) is 0 Å². The molecule has 0 saturated carbocycles. The molecule has 1 fully saturated rings. The maximum Gasteiger partial charge on any atom is 0.129 e. The van der Waals surface area contributed by atoms with Gasteiger partial charge in [-0.2, -0.15) is 0 Å². The van der Waals surface area contributed by atoms with Gasteiger partial charge >= 0.3 is 0 Å². The summed E-state index contributed by atoms with van der Waals surface area (Å²) in [4.78, 5) is 7.20. The SMILES string of the molecule is CCCc1cc(CNC)cc(N2CC(C)OC(C)C2)n1. The summed E-state index contributed by atoms with van der Waals surface area (Å²) in [6.45, 7) is 9.20. The molecule has 0 spiro atoms. The van der Waals surface area contributed by atoms with E-state index in [-0.39, 0.29) is 12.2 Å². The Morgan fingerprint density at radius 1 is 1.30 bits per heavy atom. The van der Waals surface area contributed by atoms with Gasteiger partial charge in [0.2, 0.25) is 0 Å². The summed E-state index contributed by atoms with van der Waals surface area (Å²) in [6.07, 6.45) is 2.71. The van der Waals surface area contributed by atoms with Crippen molar-refractivity contribution < 1.29 is 4.74 Å². The highest BCUT2D eigenvalue weighted by Crippen LogP contribution is 2.21. The Balaban J connectivity index is 2.24. The molecule has 112 valence electrons. The minimum Gasteiger partial charge on any atom is -0.372 e. The number of pyridine rings is 1. The van der Waals surface area contributed by atoms with Crippen LogP contribution in [0.5, 0.6) is 0 Å². The molecule has 1 N–H and O–H groups in total. The van der Waals surface area contributed by atoms with Gasteiger partial charge in [0.15, 0.2) is 0 Å². The summed E-state index contributed by atoms with van der Waals surface area (Å²) in [7, 11) is 1.98. The van der Waals surface area contributed by atoms with Gasteiger partial charge in [0.05, 0.1) is 12.2 Å². The zero-order valence-corrected chi connectivity index (χ0v) is 13.1. The van der Waals surface area contributed by atoms with Crippen molar-refractivity contribution in [3.63, 3.8) is 0 Å². The van der Waals surface area contributed by atoms with Crippen molar-refractivity contribution in [1.29, 1.82) is 0 Å². The number of nitrogens with one attached hydrogen (secondary N) is 1. The second kappa shape index (κ2) is 7.04. The molecule has 4 heteroatoms. The molecule has 2 atom stereocenters.